The van der Waals surface area contributed by atoms with Crippen molar-refractivity contribution in [2.24, 2.45) is 5.10 Å². The van der Waals surface area contributed by atoms with Gasteiger partial charge in [0, 0.05) is 5.56 Å². The summed E-state index contributed by atoms with van der Waals surface area (Å²) in [5.41, 5.74) is 4.75. The lowest BCUT2D eigenvalue weighted by atomic mass is 10.1. The first-order valence-electron chi connectivity index (χ1n) is 12.1. The number of nitrogens with one attached hydrogen (secondary N) is 2. The fraction of sp³-hybridized carbons (Fsp3) is 0.167. The summed E-state index contributed by atoms with van der Waals surface area (Å²) < 4.78 is 11.9. The van der Waals surface area contributed by atoms with Crippen molar-refractivity contribution < 1.29 is 19.1 Å². The molecule has 0 aliphatic carbocycles. The minimum Gasteiger partial charge on any atom is -0.490 e. The highest BCUT2D eigenvalue weighted by Crippen LogP contribution is 2.30. The number of nitrogens with zero attached hydrogens (tertiary/aromatic N) is 1. The van der Waals surface area contributed by atoms with Gasteiger partial charge in [0.2, 0.25) is 0 Å². The minimum atomic E-state index is -0.756. The van der Waals surface area contributed by atoms with Crippen LogP contribution in [0.25, 0.3) is 10.8 Å². The van der Waals surface area contributed by atoms with E-state index in [9.17, 15) is 9.59 Å². The Hall–Kier alpha value is -4.65. The lowest BCUT2D eigenvalue weighted by Crippen LogP contribution is -2.43. The topological polar surface area (TPSA) is 89.0 Å². The second-order valence-electron chi connectivity index (χ2n) is 8.36. The molecule has 0 aliphatic rings. The SMILES string of the molecule is CCOc1cc(/C=N/NC(=O)C(C)NC(=O)c2ccccc2)ccc1OCc1cccc2ccccc12. The molecule has 1 atom stereocenters. The molecule has 7 nitrogen and oxygen atoms in total. The van der Waals surface area contributed by atoms with Crippen LogP contribution in [0.2, 0.25) is 0 Å². The highest BCUT2D eigenvalue weighted by molar-refractivity contribution is 5.97. The molecule has 0 saturated heterocycles. The number of hydrazone groups is 1. The van der Waals surface area contributed by atoms with E-state index in [0.717, 1.165) is 21.9 Å². The largest absolute Gasteiger partial charge is 0.490 e. The smallest absolute Gasteiger partial charge is 0.262 e. The Morgan fingerprint density at radius 2 is 1.65 bits per heavy atom. The molecule has 0 aliphatic heterocycles. The lowest BCUT2D eigenvalue weighted by molar-refractivity contribution is -0.122. The van der Waals surface area contributed by atoms with Gasteiger partial charge in [-0.05, 0) is 66.1 Å². The van der Waals surface area contributed by atoms with Gasteiger partial charge < -0.3 is 14.8 Å². The minimum absolute atomic E-state index is 0.326. The molecule has 4 aromatic rings. The molecular weight excluding hydrogens is 466 g/mol. The molecule has 0 fully saturated rings. The molecule has 0 aromatic heterocycles. The van der Waals surface area contributed by atoms with Gasteiger partial charge in [0.25, 0.3) is 11.8 Å². The monoisotopic (exact) mass is 495 g/mol. The van der Waals surface area contributed by atoms with E-state index in [2.05, 4.69) is 40.1 Å². The summed E-state index contributed by atoms with van der Waals surface area (Å²) in [5, 5.41) is 9.00. The number of carbonyl (C=O) groups is 2. The van der Waals surface area contributed by atoms with Gasteiger partial charge in [-0.2, -0.15) is 5.10 Å². The van der Waals surface area contributed by atoms with Crippen molar-refractivity contribution in [1.29, 1.82) is 0 Å². The van der Waals surface area contributed by atoms with Crippen LogP contribution >= 0.6 is 0 Å². The predicted molar refractivity (Wildman–Crippen MR) is 145 cm³/mol. The molecule has 37 heavy (non-hydrogen) atoms. The standard InChI is InChI=1S/C30H29N3O4/c1-3-36-28-18-22(19-31-33-29(34)21(2)32-30(35)24-11-5-4-6-12-24)16-17-27(28)37-20-25-14-9-13-23-10-7-8-15-26(23)25/h4-19,21H,3,20H2,1-2H3,(H,32,35)(H,33,34)/b31-19+. The van der Waals surface area contributed by atoms with Gasteiger partial charge in [0.05, 0.1) is 12.8 Å². The van der Waals surface area contributed by atoms with Gasteiger partial charge in [0.1, 0.15) is 12.6 Å². The van der Waals surface area contributed by atoms with Crippen LogP contribution in [0.4, 0.5) is 0 Å². The molecule has 0 saturated carbocycles. The predicted octanol–water partition coefficient (Wildman–Crippen LogP) is 5.09. The Balaban J connectivity index is 1.37. The van der Waals surface area contributed by atoms with E-state index in [4.69, 9.17) is 9.47 Å². The Bertz CT molecular complexity index is 1400. The number of benzene rings is 4. The summed E-state index contributed by atoms with van der Waals surface area (Å²) in [5.74, 6) is 0.447. The Kier molecular flexibility index (Phi) is 8.49. The average Bonchev–Trinajstić information content (AvgIpc) is 2.93. The quantitative estimate of drug-likeness (QED) is 0.237. The summed E-state index contributed by atoms with van der Waals surface area (Å²) in [6.07, 6.45) is 1.51. The van der Waals surface area contributed by atoms with Crippen LogP contribution in [0.1, 0.15) is 35.3 Å². The molecule has 1 unspecified atom stereocenters. The van der Waals surface area contributed by atoms with Crippen molar-refractivity contribution in [3.8, 4) is 11.5 Å². The third kappa shape index (κ3) is 6.73. The van der Waals surface area contributed by atoms with E-state index < -0.39 is 11.9 Å². The van der Waals surface area contributed by atoms with E-state index in [-0.39, 0.29) is 5.91 Å². The Morgan fingerprint density at radius 3 is 2.46 bits per heavy atom. The van der Waals surface area contributed by atoms with Crippen molar-refractivity contribution in [2.75, 3.05) is 6.61 Å². The van der Waals surface area contributed by atoms with Gasteiger partial charge in [-0.3, -0.25) is 9.59 Å². The maximum absolute atomic E-state index is 12.4. The molecule has 0 heterocycles. The van der Waals surface area contributed by atoms with Crippen LogP contribution in [0.5, 0.6) is 11.5 Å². The average molecular weight is 496 g/mol. The molecule has 0 spiro atoms. The van der Waals surface area contributed by atoms with E-state index >= 15 is 0 Å². The van der Waals surface area contributed by atoms with E-state index in [1.807, 2.05) is 43.3 Å². The molecule has 7 heteroatoms. The zero-order valence-corrected chi connectivity index (χ0v) is 20.8. The molecular formula is C30H29N3O4. The molecule has 0 bridgehead atoms. The molecule has 0 radical (unpaired) electrons. The van der Waals surface area contributed by atoms with Crippen molar-refractivity contribution >= 4 is 28.8 Å². The van der Waals surface area contributed by atoms with Crippen molar-refractivity contribution in [3.63, 3.8) is 0 Å². The van der Waals surface area contributed by atoms with Crippen molar-refractivity contribution in [2.45, 2.75) is 26.5 Å². The van der Waals surface area contributed by atoms with E-state index in [1.54, 1.807) is 37.3 Å². The summed E-state index contributed by atoms with van der Waals surface area (Å²) in [6, 6.07) is 27.8. The highest BCUT2D eigenvalue weighted by atomic mass is 16.5. The van der Waals surface area contributed by atoms with Gasteiger partial charge >= 0.3 is 0 Å². The number of rotatable bonds is 10. The first-order valence-corrected chi connectivity index (χ1v) is 12.1. The molecule has 4 rings (SSSR count). The zero-order valence-electron chi connectivity index (χ0n) is 20.8. The lowest BCUT2D eigenvalue weighted by Gasteiger charge is -2.14. The van der Waals surface area contributed by atoms with Gasteiger partial charge in [-0.25, -0.2) is 5.43 Å². The third-order valence-corrected chi connectivity index (χ3v) is 5.70. The summed E-state index contributed by atoms with van der Waals surface area (Å²) in [4.78, 5) is 24.6. The number of amides is 2. The van der Waals surface area contributed by atoms with Crippen LogP contribution in [-0.4, -0.2) is 30.7 Å². The fourth-order valence-electron chi connectivity index (χ4n) is 3.77. The maximum atomic E-state index is 12.4. The normalized spacial score (nSPS) is 11.7. The van der Waals surface area contributed by atoms with Crippen molar-refractivity contribution in [3.05, 3.63) is 108 Å². The van der Waals surface area contributed by atoms with E-state index in [0.29, 0.717) is 30.3 Å². The Morgan fingerprint density at radius 1 is 0.892 bits per heavy atom. The summed E-state index contributed by atoms with van der Waals surface area (Å²) in [7, 11) is 0. The van der Waals surface area contributed by atoms with E-state index in [1.165, 1.54) is 6.21 Å². The summed E-state index contributed by atoms with van der Waals surface area (Å²) >= 11 is 0. The molecule has 2 N–H and O–H groups in total. The first kappa shape index (κ1) is 25.4. The van der Waals surface area contributed by atoms with Crippen LogP contribution in [0.15, 0.2) is 96.1 Å². The van der Waals surface area contributed by atoms with Crippen LogP contribution < -0.4 is 20.2 Å². The molecule has 4 aromatic carbocycles. The fourth-order valence-corrected chi connectivity index (χ4v) is 3.77. The van der Waals surface area contributed by atoms with Gasteiger partial charge in [-0.1, -0.05) is 60.7 Å². The molecule has 188 valence electrons. The number of fused-ring (bicyclic) bond motifs is 1. The zero-order chi connectivity index (χ0) is 26.0. The Labute approximate surface area is 216 Å². The van der Waals surface area contributed by atoms with Crippen LogP contribution in [0.3, 0.4) is 0 Å². The van der Waals surface area contributed by atoms with Gasteiger partial charge in [-0.15, -0.1) is 0 Å². The maximum Gasteiger partial charge on any atom is 0.262 e. The molecule has 2 amide bonds. The highest BCUT2D eigenvalue weighted by Gasteiger charge is 2.16. The number of carbonyl (C=O) groups excluding carboxylic acids is 2. The van der Waals surface area contributed by atoms with Crippen LogP contribution in [0, 0.1) is 0 Å². The summed E-state index contributed by atoms with van der Waals surface area (Å²) in [6.45, 7) is 4.37. The number of hydrogen-bond acceptors (Lipinski definition) is 5. The first-order chi connectivity index (χ1) is 18.0. The second kappa shape index (κ2) is 12.4. The number of hydrogen-bond donors (Lipinski definition) is 2. The van der Waals surface area contributed by atoms with Crippen molar-refractivity contribution in [1.82, 2.24) is 10.7 Å². The van der Waals surface area contributed by atoms with Gasteiger partial charge in [0.15, 0.2) is 11.5 Å². The third-order valence-electron chi connectivity index (χ3n) is 5.70. The number of ether oxygens (including phenoxy) is 2. The second-order valence-corrected chi connectivity index (χ2v) is 8.36. The van der Waals surface area contributed by atoms with Crippen LogP contribution in [-0.2, 0) is 11.4 Å².